The molecule has 0 saturated heterocycles. The van der Waals surface area contributed by atoms with Crippen LogP contribution in [0.15, 0.2) is 95.5 Å². The van der Waals surface area contributed by atoms with Crippen LogP contribution in [0.3, 0.4) is 0 Å². The highest BCUT2D eigenvalue weighted by Gasteiger charge is 2.17. The summed E-state index contributed by atoms with van der Waals surface area (Å²) < 4.78 is 6.08. The van der Waals surface area contributed by atoms with Gasteiger partial charge in [-0.1, -0.05) is 54.6 Å². The second-order valence-electron chi connectivity index (χ2n) is 6.04. The number of furan rings is 1. The van der Waals surface area contributed by atoms with E-state index in [1.165, 1.54) is 11.1 Å². The first-order chi connectivity index (χ1) is 12.4. The molecule has 0 atom stereocenters. The molecule has 0 aliphatic rings. The third kappa shape index (κ3) is 2.23. The van der Waals surface area contributed by atoms with Crippen molar-refractivity contribution in [2.24, 2.45) is 0 Å². The first-order valence-electron chi connectivity index (χ1n) is 8.33. The van der Waals surface area contributed by atoms with Gasteiger partial charge in [0, 0.05) is 22.5 Å². The van der Waals surface area contributed by atoms with Crippen LogP contribution in [0.4, 0.5) is 0 Å². The van der Waals surface area contributed by atoms with Crippen molar-refractivity contribution in [1.82, 2.24) is 4.98 Å². The zero-order valence-corrected chi connectivity index (χ0v) is 13.5. The van der Waals surface area contributed by atoms with E-state index in [0.717, 1.165) is 33.2 Å². The maximum atomic E-state index is 6.08. The van der Waals surface area contributed by atoms with E-state index in [0.29, 0.717) is 0 Å². The Morgan fingerprint density at radius 3 is 2.28 bits per heavy atom. The molecule has 0 radical (unpaired) electrons. The van der Waals surface area contributed by atoms with Gasteiger partial charge in [0.15, 0.2) is 0 Å². The summed E-state index contributed by atoms with van der Waals surface area (Å²) in [5, 5.41) is 2.24. The van der Waals surface area contributed by atoms with E-state index >= 15 is 0 Å². The quantitative estimate of drug-likeness (QED) is 0.380. The van der Waals surface area contributed by atoms with Gasteiger partial charge in [0.25, 0.3) is 0 Å². The molecule has 5 rings (SSSR count). The van der Waals surface area contributed by atoms with Crippen LogP contribution >= 0.6 is 0 Å². The van der Waals surface area contributed by atoms with Crippen molar-refractivity contribution >= 4 is 21.9 Å². The minimum atomic E-state index is 0.890. The number of fused-ring (bicyclic) bond motifs is 3. The third-order valence-corrected chi connectivity index (χ3v) is 4.55. The molecule has 2 heteroatoms. The number of aromatic nitrogens is 1. The molecule has 0 bridgehead atoms. The molecule has 0 aliphatic heterocycles. The zero-order chi connectivity index (χ0) is 16.6. The second kappa shape index (κ2) is 5.60. The highest BCUT2D eigenvalue weighted by atomic mass is 16.3. The van der Waals surface area contributed by atoms with Crippen LogP contribution < -0.4 is 0 Å². The first-order valence-corrected chi connectivity index (χ1v) is 8.33. The molecule has 0 saturated carbocycles. The predicted octanol–water partition coefficient (Wildman–Crippen LogP) is 6.32. The Hall–Kier alpha value is -3.39. The number of hydrogen-bond donors (Lipinski definition) is 0. The maximum Gasteiger partial charge on any atom is 0.136 e. The molecule has 25 heavy (non-hydrogen) atoms. The predicted molar refractivity (Wildman–Crippen MR) is 102 cm³/mol. The number of hydrogen-bond acceptors (Lipinski definition) is 2. The van der Waals surface area contributed by atoms with Crippen molar-refractivity contribution in [2.45, 2.75) is 0 Å². The standard InChI is InChI=1S/C23H15NO/c1-2-8-16(9-3-1)17-13-14-21-23(18-10-4-5-12-20(18)25-21)22(17)19-11-6-7-15-24-19/h1-15H. The minimum Gasteiger partial charge on any atom is -0.456 e. The first kappa shape index (κ1) is 14.0. The summed E-state index contributed by atoms with van der Waals surface area (Å²) in [6.45, 7) is 0. The second-order valence-corrected chi connectivity index (χ2v) is 6.04. The molecule has 0 N–H and O–H groups in total. The normalized spacial score (nSPS) is 11.2. The summed E-state index contributed by atoms with van der Waals surface area (Å²) in [5.74, 6) is 0. The molecule has 2 nitrogen and oxygen atoms in total. The van der Waals surface area contributed by atoms with Crippen molar-refractivity contribution in [3.8, 4) is 22.4 Å². The Morgan fingerprint density at radius 1 is 0.640 bits per heavy atom. The minimum absolute atomic E-state index is 0.890. The monoisotopic (exact) mass is 321 g/mol. The molecule has 0 amide bonds. The van der Waals surface area contributed by atoms with Crippen LogP contribution in [-0.4, -0.2) is 4.98 Å². The molecule has 0 unspecified atom stereocenters. The Morgan fingerprint density at radius 2 is 1.44 bits per heavy atom. The largest absolute Gasteiger partial charge is 0.456 e. The zero-order valence-electron chi connectivity index (χ0n) is 13.5. The van der Waals surface area contributed by atoms with Gasteiger partial charge in [-0.25, -0.2) is 0 Å². The smallest absolute Gasteiger partial charge is 0.136 e. The molecule has 2 heterocycles. The lowest BCUT2D eigenvalue weighted by Crippen LogP contribution is -1.89. The van der Waals surface area contributed by atoms with Crippen LogP contribution in [-0.2, 0) is 0 Å². The molecule has 118 valence electrons. The summed E-state index contributed by atoms with van der Waals surface area (Å²) in [7, 11) is 0. The topological polar surface area (TPSA) is 26.0 Å². The highest BCUT2D eigenvalue weighted by Crippen LogP contribution is 2.41. The van der Waals surface area contributed by atoms with Crippen LogP contribution in [0, 0.1) is 0 Å². The van der Waals surface area contributed by atoms with Crippen molar-refractivity contribution in [3.63, 3.8) is 0 Å². The average molecular weight is 321 g/mol. The van der Waals surface area contributed by atoms with Crippen molar-refractivity contribution in [1.29, 1.82) is 0 Å². The van der Waals surface area contributed by atoms with Gasteiger partial charge >= 0.3 is 0 Å². The van der Waals surface area contributed by atoms with Gasteiger partial charge in [-0.3, -0.25) is 4.98 Å². The van der Waals surface area contributed by atoms with E-state index in [1.807, 2.05) is 36.5 Å². The van der Waals surface area contributed by atoms with Crippen molar-refractivity contribution < 1.29 is 4.42 Å². The maximum absolute atomic E-state index is 6.08. The lowest BCUT2D eigenvalue weighted by Gasteiger charge is -2.11. The summed E-state index contributed by atoms with van der Waals surface area (Å²) >= 11 is 0. The summed E-state index contributed by atoms with van der Waals surface area (Å²) in [6.07, 6.45) is 1.84. The van der Waals surface area contributed by atoms with Gasteiger partial charge in [-0.05, 0) is 41.5 Å². The van der Waals surface area contributed by atoms with Crippen LogP contribution in [0.5, 0.6) is 0 Å². The van der Waals surface area contributed by atoms with E-state index in [9.17, 15) is 0 Å². The SMILES string of the molecule is c1ccc(-c2ccc3oc4ccccc4c3c2-c2ccccn2)cc1. The van der Waals surface area contributed by atoms with Gasteiger partial charge < -0.3 is 4.42 Å². The molecule has 3 aromatic carbocycles. The number of para-hydroxylation sites is 1. The number of pyridine rings is 1. The van der Waals surface area contributed by atoms with Gasteiger partial charge in [0.1, 0.15) is 11.2 Å². The molecule has 5 aromatic rings. The Bertz CT molecular complexity index is 1170. The van der Waals surface area contributed by atoms with E-state index in [1.54, 1.807) is 0 Å². The Labute approximate surface area is 145 Å². The average Bonchev–Trinajstić information content (AvgIpc) is 3.07. The third-order valence-electron chi connectivity index (χ3n) is 4.55. The van der Waals surface area contributed by atoms with E-state index < -0.39 is 0 Å². The van der Waals surface area contributed by atoms with Gasteiger partial charge in [-0.2, -0.15) is 0 Å². The summed E-state index contributed by atoms with van der Waals surface area (Å²) in [6, 6.07) is 28.8. The van der Waals surface area contributed by atoms with E-state index in [4.69, 9.17) is 4.42 Å². The highest BCUT2D eigenvalue weighted by molar-refractivity contribution is 6.15. The molecule has 0 fully saturated rings. The van der Waals surface area contributed by atoms with E-state index in [-0.39, 0.29) is 0 Å². The van der Waals surface area contributed by atoms with Gasteiger partial charge in [-0.15, -0.1) is 0 Å². The lowest BCUT2D eigenvalue weighted by atomic mass is 9.93. The Kier molecular flexibility index (Phi) is 3.14. The van der Waals surface area contributed by atoms with Gasteiger partial charge in [0.2, 0.25) is 0 Å². The molecular formula is C23H15NO. The number of nitrogens with zero attached hydrogens (tertiary/aromatic N) is 1. The summed E-state index contributed by atoms with van der Waals surface area (Å²) in [4.78, 5) is 4.63. The molecular weight excluding hydrogens is 306 g/mol. The fourth-order valence-electron chi connectivity index (χ4n) is 3.45. The van der Waals surface area contributed by atoms with Crippen molar-refractivity contribution in [3.05, 3.63) is 91.1 Å². The fraction of sp³-hybridized carbons (Fsp3) is 0. The van der Waals surface area contributed by atoms with E-state index in [2.05, 4.69) is 59.6 Å². The Balaban J connectivity index is 1.97. The van der Waals surface area contributed by atoms with Crippen molar-refractivity contribution in [2.75, 3.05) is 0 Å². The molecule has 0 aliphatic carbocycles. The van der Waals surface area contributed by atoms with Crippen LogP contribution in [0.25, 0.3) is 44.3 Å². The molecule has 0 spiro atoms. The van der Waals surface area contributed by atoms with Gasteiger partial charge in [0.05, 0.1) is 5.69 Å². The fourth-order valence-corrected chi connectivity index (χ4v) is 3.45. The summed E-state index contributed by atoms with van der Waals surface area (Å²) in [5.41, 5.74) is 6.21. The lowest BCUT2D eigenvalue weighted by molar-refractivity contribution is 0.669. The molecule has 2 aromatic heterocycles. The number of rotatable bonds is 2. The number of benzene rings is 3. The van der Waals surface area contributed by atoms with Crippen LogP contribution in [0.1, 0.15) is 0 Å². The van der Waals surface area contributed by atoms with Crippen LogP contribution in [0.2, 0.25) is 0 Å².